The Kier molecular flexibility index (Phi) is 2.52. The molecule has 0 unspecified atom stereocenters. The van der Waals surface area contributed by atoms with Gasteiger partial charge in [-0.2, -0.15) is 0 Å². The van der Waals surface area contributed by atoms with Crippen molar-refractivity contribution in [3.05, 3.63) is 60.3 Å². The minimum absolute atomic E-state index is 1.12. The van der Waals surface area contributed by atoms with Crippen molar-refractivity contribution in [2.24, 2.45) is 0 Å². The van der Waals surface area contributed by atoms with Gasteiger partial charge in [0.05, 0.1) is 0 Å². The molecule has 18 heavy (non-hydrogen) atoms. The number of hydrogen-bond donors (Lipinski definition) is 1. The van der Waals surface area contributed by atoms with Crippen LogP contribution in [0.5, 0.6) is 0 Å². The summed E-state index contributed by atoms with van der Waals surface area (Å²) >= 11 is 0. The average Bonchev–Trinajstić information content (AvgIpc) is 2.77. The van der Waals surface area contributed by atoms with Crippen molar-refractivity contribution in [3.8, 4) is 0 Å². The average molecular weight is 233 g/mol. The molecule has 0 bridgehead atoms. The number of aromatic amines is 1. The second-order valence-electron chi connectivity index (χ2n) is 4.37. The second kappa shape index (κ2) is 4.19. The lowest BCUT2D eigenvalue weighted by atomic mass is 10.0. The maximum atomic E-state index is 3.95. The number of fused-ring (bicyclic) bond motifs is 3. The second-order valence-corrected chi connectivity index (χ2v) is 4.37. The van der Waals surface area contributed by atoms with Crippen LogP contribution in [0.25, 0.3) is 33.8 Å². The standard InChI is InChI=1S/C17H15N/c1-3-7-15-13(4-2)17-14-9-6-5-8-12(14)10-11-16(17)18-15/h3-11,18H,2H2,1H3/b7-3-. The molecule has 3 aromatic rings. The van der Waals surface area contributed by atoms with Crippen LogP contribution in [-0.4, -0.2) is 4.98 Å². The predicted octanol–water partition coefficient (Wildman–Crippen LogP) is 5.00. The highest BCUT2D eigenvalue weighted by Crippen LogP contribution is 2.31. The van der Waals surface area contributed by atoms with Gasteiger partial charge in [0.2, 0.25) is 0 Å². The van der Waals surface area contributed by atoms with Gasteiger partial charge in [-0.15, -0.1) is 0 Å². The van der Waals surface area contributed by atoms with Crippen LogP contribution >= 0.6 is 0 Å². The normalized spacial score (nSPS) is 11.6. The number of aromatic nitrogens is 1. The van der Waals surface area contributed by atoms with Gasteiger partial charge in [0.15, 0.2) is 0 Å². The minimum atomic E-state index is 1.12. The third-order valence-corrected chi connectivity index (χ3v) is 3.30. The molecule has 3 rings (SSSR count). The van der Waals surface area contributed by atoms with Gasteiger partial charge in [0.25, 0.3) is 0 Å². The summed E-state index contributed by atoms with van der Waals surface area (Å²) in [6, 6.07) is 12.7. The summed E-state index contributed by atoms with van der Waals surface area (Å²) in [5.41, 5.74) is 3.47. The Morgan fingerprint density at radius 1 is 1.11 bits per heavy atom. The first kappa shape index (κ1) is 10.8. The molecule has 88 valence electrons. The summed E-state index contributed by atoms with van der Waals surface area (Å²) in [5, 5.41) is 3.80. The lowest BCUT2D eigenvalue weighted by molar-refractivity contribution is 1.42. The first-order chi connectivity index (χ1) is 8.85. The lowest BCUT2D eigenvalue weighted by Crippen LogP contribution is -1.76. The summed E-state index contributed by atoms with van der Waals surface area (Å²) in [7, 11) is 0. The molecule has 1 aromatic heterocycles. The van der Waals surface area contributed by atoms with Crippen LogP contribution in [0.4, 0.5) is 0 Å². The third kappa shape index (κ3) is 1.48. The van der Waals surface area contributed by atoms with Gasteiger partial charge >= 0.3 is 0 Å². The van der Waals surface area contributed by atoms with E-state index >= 15 is 0 Å². The topological polar surface area (TPSA) is 15.8 Å². The van der Waals surface area contributed by atoms with Crippen molar-refractivity contribution >= 4 is 33.8 Å². The molecule has 0 saturated carbocycles. The molecule has 0 radical (unpaired) electrons. The number of H-pyrrole nitrogens is 1. The predicted molar refractivity (Wildman–Crippen MR) is 80.6 cm³/mol. The molecule has 2 aromatic carbocycles. The third-order valence-electron chi connectivity index (χ3n) is 3.30. The Bertz CT molecular complexity index is 760. The van der Waals surface area contributed by atoms with Gasteiger partial charge in [-0.3, -0.25) is 0 Å². The highest BCUT2D eigenvalue weighted by Gasteiger charge is 2.09. The Balaban J connectivity index is 2.52. The van der Waals surface area contributed by atoms with Gasteiger partial charge in [-0.25, -0.2) is 0 Å². The van der Waals surface area contributed by atoms with E-state index in [-0.39, 0.29) is 0 Å². The zero-order valence-electron chi connectivity index (χ0n) is 10.4. The van der Waals surface area contributed by atoms with Crippen molar-refractivity contribution in [2.45, 2.75) is 6.92 Å². The van der Waals surface area contributed by atoms with Gasteiger partial charge in [-0.05, 0) is 29.8 Å². The largest absolute Gasteiger partial charge is 0.355 e. The van der Waals surface area contributed by atoms with Crippen LogP contribution in [0.2, 0.25) is 0 Å². The van der Waals surface area contributed by atoms with E-state index in [0.717, 1.165) is 11.2 Å². The molecule has 0 fully saturated rings. The quantitative estimate of drug-likeness (QED) is 0.641. The summed E-state index contributed by atoms with van der Waals surface area (Å²) in [4.78, 5) is 3.45. The molecule has 0 aliphatic carbocycles. The molecule has 0 spiro atoms. The van der Waals surface area contributed by atoms with Crippen LogP contribution in [0.15, 0.2) is 49.1 Å². The first-order valence-electron chi connectivity index (χ1n) is 6.13. The van der Waals surface area contributed by atoms with Crippen molar-refractivity contribution in [1.29, 1.82) is 0 Å². The Labute approximate surface area is 106 Å². The van der Waals surface area contributed by atoms with E-state index < -0.39 is 0 Å². The van der Waals surface area contributed by atoms with Crippen molar-refractivity contribution in [2.75, 3.05) is 0 Å². The van der Waals surface area contributed by atoms with E-state index in [1.807, 2.05) is 19.1 Å². The minimum Gasteiger partial charge on any atom is -0.355 e. The number of benzene rings is 2. The molecular formula is C17H15N. The van der Waals surface area contributed by atoms with Crippen LogP contribution in [0.1, 0.15) is 18.2 Å². The summed E-state index contributed by atoms with van der Waals surface area (Å²) in [6.45, 7) is 5.97. The van der Waals surface area contributed by atoms with Gasteiger partial charge in [0, 0.05) is 22.2 Å². The van der Waals surface area contributed by atoms with Gasteiger partial charge < -0.3 is 4.98 Å². The van der Waals surface area contributed by atoms with Crippen LogP contribution in [0, 0.1) is 0 Å². The maximum absolute atomic E-state index is 3.95. The maximum Gasteiger partial charge on any atom is 0.0471 e. The van der Waals surface area contributed by atoms with E-state index in [0.29, 0.717) is 0 Å². The zero-order valence-corrected chi connectivity index (χ0v) is 10.4. The lowest BCUT2D eigenvalue weighted by Gasteiger charge is -2.00. The number of allylic oxidation sites excluding steroid dienone is 1. The fourth-order valence-electron chi connectivity index (χ4n) is 2.52. The Morgan fingerprint density at radius 3 is 2.72 bits per heavy atom. The van der Waals surface area contributed by atoms with E-state index in [1.54, 1.807) is 0 Å². The molecule has 1 nitrogen and oxygen atoms in total. The highest BCUT2D eigenvalue weighted by molar-refractivity contribution is 6.11. The highest BCUT2D eigenvalue weighted by atomic mass is 14.7. The molecule has 0 aliphatic rings. The fraction of sp³-hybridized carbons (Fsp3) is 0.0588. The monoisotopic (exact) mass is 233 g/mol. The first-order valence-corrected chi connectivity index (χ1v) is 6.13. The number of rotatable bonds is 2. The van der Waals surface area contributed by atoms with Gasteiger partial charge in [-0.1, -0.05) is 49.1 Å². The number of hydrogen-bond acceptors (Lipinski definition) is 0. The van der Waals surface area contributed by atoms with Crippen molar-refractivity contribution in [3.63, 3.8) is 0 Å². The van der Waals surface area contributed by atoms with Crippen LogP contribution in [0.3, 0.4) is 0 Å². The summed E-state index contributed by atoms with van der Waals surface area (Å²) in [6.07, 6.45) is 6.06. The Hall–Kier alpha value is -2.28. The SMILES string of the molecule is C=Cc1c(/C=C\C)[nH]c2ccc3ccccc3c12. The van der Waals surface area contributed by atoms with E-state index in [2.05, 4.69) is 54.0 Å². The van der Waals surface area contributed by atoms with Crippen molar-refractivity contribution < 1.29 is 0 Å². The van der Waals surface area contributed by atoms with E-state index in [1.165, 1.54) is 21.7 Å². The van der Waals surface area contributed by atoms with Crippen LogP contribution in [-0.2, 0) is 0 Å². The Morgan fingerprint density at radius 2 is 1.94 bits per heavy atom. The van der Waals surface area contributed by atoms with Crippen molar-refractivity contribution in [1.82, 2.24) is 4.98 Å². The summed E-state index contributed by atoms with van der Waals surface area (Å²) in [5.74, 6) is 0. The molecular weight excluding hydrogens is 218 g/mol. The molecule has 1 heterocycles. The number of nitrogens with one attached hydrogen (secondary N) is 1. The zero-order chi connectivity index (χ0) is 12.5. The fourth-order valence-corrected chi connectivity index (χ4v) is 2.52. The molecule has 0 saturated heterocycles. The summed E-state index contributed by atoms with van der Waals surface area (Å²) < 4.78 is 0. The van der Waals surface area contributed by atoms with E-state index in [4.69, 9.17) is 0 Å². The molecule has 0 aliphatic heterocycles. The van der Waals surface area contributed by atoms with Crippen LogP contribution < -0.4 is 0 Å². The van der Waals surface area contributed by atoms with E-state index in [9.17, 15) is 0 Å². The molecule has 1 N–H and O–H groups in total. The smallest absolute Gasteiger partial charge is 0.0471 e. The molecule has 0 amide bonds. The molecule has 1 heteroatoms. The van der Waals surface area contributed by atoms with Gasteiger partial charge in [0.1, 0.15) is 0 Å². The molecule has 0 atom stereocenters.